The van der Waals surface area contributed by atoms with Crippen molar-refractivity contribution in [1.29, 1.82) is 0 Å². The van der Waals surface area contributed by atoms with Gasteiger partial charge in [-0.1, -0.05) is 5.92 Å². The van der Waals surface area contributed by atoms with Crippen molar-refractivity contribution in [1.82, 2.24) is 10.6 Å². The number of amides is 1. The molecule has 11 heavy (non-hydrogen) atoms. The van der Waals surface area contributed by atoms with Crippen LogP contribution >= 0.6 is 0 Å². The summed E-state index contributed by atoms with van der Waals surface area (Å²) in [6, 6.07) is 0.440. The molecular weight excluding hydrogens is 140 g/mol. The van der Waals surface area contributed by atoms with Crippen LogP contribution in [0.5, 0.6) is 0 Å². The number of rotatable bonds is 4. The maximum atomic E-state index is 10.9. The lowest BCUT2D eigenvalue weighted by molar-refractivity contribution is -0.120. The van der Waals surface area contributed by atoms with E-state index in [0.717, 1.165) is 12.8 Å². The predicted molar refractivity (Wildman–Crippen MR) is 42.9 cm³/mol. The molecule has 0 spiro atoms. The summed E-state index contributed by atoms with van der Waals surface area (Å²) < 4.78 is 0. The van der Waals surface area contributed by atoms with E-state index < -0.39 is 0 Å². The van der Waals surface area contributed by atoms with Crippen molar-refractivity contribution in [2.24, 2.45) is 0 Å². The molecule has 3 heteroatoms. The molecule has 0 aromatic carbocycles. The maximum Gasteiger partial charge on any atom is 0.234 e. The first kappa shape index (κ1) is 8.09. The lowest BCUT2D eigenvalue weighted by Crippen LogP contribution is -2.35. The second kappa shape index (κ2) is 3.99. The molecule has 0 saturated heterocycles. The highest BCUT2D eigenvalue weighted by atomic mass is 16.2. The minimum absolute atomic E-state index is 0.0442. The van der Waals surface area contributed by atoms with Gasteiger partial charge < -0.3 is 5.32 Å². The molecule has 0 bridgehead atoms. The lowest BCUT2D eigenvalue weighted by atomic mass is 10.5. The molecule has 1 aliphatic rings. The highest BCUT2D eigenvalue weighted by Gasteiger charge is 2.22. The predicted octanol–water partition coefficient (Wildman–Crippen LogP) is -0.512. The SMILES string of the molecule is C#CCNCC(=O)NC1CC1. The summed E-state index contributed by atoms with van der Waals surface area (Å²) in [5.74, 6) is 2.45. The van der Waals surface area contributed by atoms with Crippen molar-refractivity contribution in [2.75, 3.05) is 13.1 Å². The molecule has 1 rings (SSSR count). The third-order valence-corrected chi connectivity index (χ3v) is 1.46. The monoisotopic (exact) mass is 152 g/mol. The number of carbonyl (C=O) groups excluding carboxylic acids is 1. The molecule has 0 aromatic rings. The van der Waals surface area contributed by atoms with Crippen LogP contribution in [0.15, 0.2) is 0 Å². The Labute approximate surface area is 66.5 Å². The molecule has 1 amide bonds. The van der Waals surface area contributed by atoms with Gasteiger partial charge in [0.15, 0.2) is 0 Å². The second-order valence-corrected chi connectivity index (χ2v) is 2.65. The number of hydrogen-bond donors (Lipinski definition) is 2. The summed E-state index contributed by atoms with van der Waals surface area (Å²) in [6.45, 7) is 0.790. The fourth-order valence-electron chi connectivity index (χ4n) is 0.755. The molecule has 0 radical (unpaired) electrons. The Kier molecular flexibility index (Phi) is 2.94. The molecule has 0 aromatic heterocycles. The molecule has 1 fully saturated rings. The normalized spacial score (nSPS) is 15.5. The topological polar surface area (TPSA) is 41.1 Å². The van der Waals surface area contributed by atoms with Crippen molar-refractivity contribution in [2.45, 2.75) is 18.9 Å². The van der Waals surface area contributed by atoms with Crippen LogP contribution in [0.4, 0.5) is 0 Å². The Bertz CT molecular complexity index is 179. The molecule has 0 atom stereocenters. The number of carbonyl (C=O) groups is 1. The Morgan fingerprint density at radius 1 is 1.64 bits per heavy atom. The van der Waals surface area contributed by atoms with Crippen LogP contribution in [0, 0.1) is 12.3 Å². The van der Waals surface area contributed by atoms with E-state index in [2.05, 4.69) is 16.6 Å². The zero-order valence-corrected chi connectivity index (χ0v) is 6.39. The molecule has 0 unspecified atom stereocenters. The van der Waals surface area contributed by atoms with E-state index in [1.165, 1.54) is 0 Å². The van der Waals surface area contributed by atoms with Crippen molar-refractivity contribution >= 4 is 5.91 Å². The third kappa shape index (κ3) is 3.64. The zero-order chi connectivity index (χ0) is 8.10. The molecule has 3 nitrogen and oxygen atoms in total. The first-order chi connectivity index (χ1) is 5.33. The molecule has 2 N–H and O–H groups in total. The first-order valence-corrected chi connectivity index (χ1v) is 3.76. The molecule has 0 aliphatic heterocycles. The Balaban J connectivity index is 1.97. The van der Waals surface area contributed by atoms with Gasteiger partial charge in [0, 0.05) is 6.04 Å². The maximum absolute atomic E-state index is 10.9. The minimum atomic E-state index is 0.0442. The quantitative estimate of drug-likeness (QED) is 0.421. The third-order valence-electron chi connectivity index (χ3n) is 1.46. The van der Waals surface area contributed by atoms with Gasteiger partial charge in [0.1, 0.15) is 0 Å². The van der Waals surface area contributed by atoms with Crippen molar-refractivity contribution in [3.05, 3.63) is 0 Å². The van der Waals surface area contributed by atoms with Crippen LogP contribution in [-0.4, -0.2) is 25.0 Å². The molecule has 0 heterocycles. The van der Waals surface area contributed by atoms with Gasteiger partial charge in [0.05, 0.1) is 13.1 Å². The fourth-order valence-corrected chi connectivity index (χ4v) is 0.755. The van der Waals surface area contributed by atoms with E-state index >= 15 is 0 Å². The average Bonchev–Trinajstić information content (AvgIpc) is 2.72. The van der Waals surface area contributed by atoms with Crippen molar-refractivity contribution < 1.29 is 4.79 Å². The summed E-state index contributed by atoms with van der Waals surface area (Å²) in [5.41, 5.74) is 0. The molecule has 1 saturated carbocycles. The largest absolute Gasteiger partial charge is 0.352 e. The van der Waals surface area contributed by atoms with E-state index in [1.54, 1.807) is 0 Å². The van der Waals surface area contributed by atoms with Crippen LogP contribution in [0.25, 0.3) is 0 Å². The van der Waals surface area contributed by atoms with Gasteiger partial charge in [0.25, 0.3) is 0 Å². The van der Waals surface area contributed by atoms with Gasteiger partial charge >= 0.3 is 0 Å². The van der Waals surface area contributed by atoms with Gasteiger partial charge in [0.2, 0.25) is 5.91 Å². The fraction of sp³-hybridized carbons (Fsp3) is 0.625. The lowest BCUT2D eigenvalue weighted by Gasteiger charge is -2.01. The van der Waals surface area contributed by atoms with E-state index in [0.29, 0.717) is 19.1 Å². The standard InChI is InChI=1S/C8H12N2O/c1-2-5-9-6-8(11)10-7-3-4-7/h1,7,9H,3-6H2,(H,10,11). The van der Waals surface area contributed by atoms with Gasteiger partial charge in [-0.25, -0.2) is 0 Å². The van der Waals surface area contributed by atoms with Crippen LogP contribution < -0.4 is 10.6 Å². The van der Waals surface area contributed by atoms with Gasteiger partial charge in [-0.2, -0.15) is 0 Å². The van der Waals surface area contributed by atoms with Gasteiger partial charge in [-0.3, -0.25) is 10.1 Å². The first-order valence-electron chi connectivity index (χ1n) is 3.76. The summed E-state index contributed by atoms with van der Waals surface area (Å²) in [6.07, 6.45) is 7.24. The van der Waals surface area contributed by atoms with Gasteiger partial charge in [-0.05, 0) is 12.8 Å². The smallest absolute Gasteiger partial charge is 0.234 e. The molecule has 60 valence electrons. The van der Waals surface area contributed by atoms with Gasteiger partial charge in [-0.15, -0.1) is 6.42 Å². The molecular formula is C8H12N2O. The second-order valence-electron chi connectivity index (χ2n) is 2.65. The van der Waals surface area contributed by atoms with Crippen LogP contribution in [0.1, 0.15) is 12.8 Å². The van der Waals surface area contributed by atoms with Crippen LogP contribution in [0.2, 0.25) is 0 Å². The molecule has 1 aliphatic carbocycles. The van der Waals surface area contributed by atoms with Crippen molar-refractivity contribution in [3.63, 3.8) is 0 Å². The summed E-state index contributed by atoms with van der Waals surface area (Å²) in [5, 5.41) is 5.66. The Morgan fingerprint density at radius 2 is 2.36 bits per heavy atom. The van der Waals surface area contributed by atoms with E-state index in [4.69, 9.17) is 6.42 Å². The average molecular weight is 152 g/mol. The zero-order valence-electron chi connectivity index (χ0n) is 6.39. The van der Waals surface area contributed by atoms with E-state index in [1.807, 2.05) is 0 Å². The summed E-state index contributed by atoms with van der Waals surface area (Å²) in [4.78, 5) is 10.9. The highest BCUT2D eigenvalue weighted by molar-refractivity contribution is 5.78. The van der Waals surface area contributed by atoms with Crippen LogP contribution in [0.3, 0.4) is 0 Å². The highest BCUT2D eigenvalue weighted by Crippen LogP contribution is 2.17. The number of hydrogen-bond acceptors (Lipinski definition) is 2. The van der Waals surface area contributed by atoms with Crippen molar-refractivity contribution in [3.8, 4) is 12.3 Å². The van der Waals surface area contributed by atoms with E-state index in [-0.39, 0.29) is 5.91 Å². The Morgan fingerprint density at radius 3 is 2.91 bits per heavy atom. The van der Waals surface area contributed by atoms with Crippen LogP contribution in [-0.2, 0) is 4.79 Å². The van der Waals surface area contributed by atoms with E-state index in [9.17, 15) is 4.79 Å². The number of terminal acetylenes is 1. The summed E-state index contributed by atoms with van der Waals surface area (Å²) >= 11 is 0. The summed E-state index contributed by atoms with van der Waals surface area (Å²) in [7, 11) is 0. The minimum Gasteiger partial charge on any atom is -0.352 e. The Hall–Kier alpha value is -1.01. The number of nitrogens with one attached hydrogen (secondary N) is 2.